The van der Waals surface area contributed by atoms with Crippen LogP contribution in [0, 0.1) is 0 Å². The summed E-state index contributed by atoms with van der Waals surface area (Å²) in [6, 6.07) is -0.645. The minimum absolute atomic E-state index is 0.0767. The molecule has 3 N–H and O–H groups in total. The monoisotopic (exact) mass is 784 g/mol. The molecular formula is C52H97NO3. The van der Waals surface area contributed by atoms with Gasteiger partial charge in [-0.25, -0.2) is 0 Å². The fourth-order valence-electron chi connectivity index (χ4n) is 7.44. The van der Waals surface area contributed by atoms with Crippen molar-refractivity contribution in [3.05, 3.63) is 48.6 Å². The zero-order chi connectivity index (χ0) is 40.7. The Morgan fingerprint density at radius 3 is 1.04 bits per heavy atom. The highest BCUT2D eigenvalue weighted by Crippen LogP contribution is 2.15. The van der Waals surface area contributed by atoms with Crippen molar-refractivity contribution < 1.29 is 15.0 Å². The van der Waals surface area contributed by atoms with E-state index in [1.165, 1.54) is 199 Å². The number of amides is 1. The number of unbranched alkanes of at least 4 members (excludes halogenated alkanes) is 32. The van der Waals surface area contributed by atoms with Crippen molar-refractivity contribution in [3.8, 4) is 0 Å². The quantitative estimate of drug-likeness (QED) is 0.0425. The van der Waals surface area contributed by atoms with Gasteiger partial charge in [0.15, 0.2) is 0 Å². The van der Waals surface area contributed by atoms with Gasteiger partial charge in [0.2, 0.25) is 5.91 Å². The molecule has 2 unspecified atom stereocenters. The second-order valence-corrected chi connectivity index (χ2v) is 16.9. The van der Waals surface area contributed by atoms with E-state index < -0.39 is 12.1 Å². The predicted molar refractivity (Wildman–Crippen MR) is 248 cm³/mol. The summed E-state index contributed by atoms with van der Waals surface area (Å²) in [5.74, 6) is -0.0767. The maximum Gasteiger partial charge on any atom is 0.220 e. The fraction of sp³-hybridized carbons (Fsp3) is 0.827. The molecule has 0 aliphatic carbocycles. The Hall–Kier alpha value is -1.65. The summed E-state index contributed by atoms with van der Waals surface area (Å²) >= 11 is 0. The van der Waals surface area contributed by atoms with Gasteiger partial charge in [-0.15, -0.1) is 0 Å². The molecule has 4 nitrogen and oxygen atoms in total. The van der Waals surface area contributed by atoms with Crippen LogP contribution in [0.2, 0.25) is 0 Å². The summed E-state index contributed by atoms with van der Waals surface area (Å²) in [6.45, 7) is 4.30. The molecule has 0 fully saturated rings. The SMILES string of the molecule is CCCCCCCCCC/C=C\CCCCCCCCCCCCCCCC(=O)NC(CO)C(O)/C=C/CC/C=C/CC/C=C/CCCCCCCCCCC. The molecule has 328 valence electrons. The Kier molecular flexibility index (Phi) is 46.3. The third kappa shape index (κ3) is 43.5. The molecule has 0 saturated carbocycles. The predicted octanol–water partition coefficient (Wildman–Crippen LogP) is 15.9. The Balaban J connectivity index is 3.57. The van der Waals surface area contributed by atoms with E-state index in [1.807, 2.05) is 6.08 Å². The maximum atomic E-state index is 12.4. The molecular weight excluding hydrogens is 687 g/mol. The molecule has 0 aromatic carbocycles. The lowest BCUT2D eigenvalue weighted by atomic mass is 10.0. The highest BCUT2D eigenvalue weighted by molar-refractivity contribution is 5.76. The van der Waals surface area contributed by atoms with Crippen LogP contribution >= 0.6 is 0 Å². The van der Waals surface area contributed by atoms with E-state index in [-0.39, 0.29) is 12.5 Å². The third-order valence-corrected chi connectivity index (χ3v) is 11.3. The molecule has 1 amide bonds. The van der Waals surface area contributed by atoms with Crippen molar-refractivity contribution >= 4 is 5.91 Å². The van der Waals surface area contributed by atoms with Crippen LogP contribution in [0.5, 0.6) is 0 Å². The number of carbonyl (C=O) groups excluding carboxylic acids is 1. The molecule has 0 aromatic heterocycles. The number of hydrogen-bond acceptors (Lipinski definition) is 3. The lowest BCUT2D eigenvalue weighted by Gasteiger charge is -2.19. The minimum atomic E-state index is -0.870. The van der Waals surface area contributed by atoms with Crippen LogP contribution < -0.4 is 5.32 Å². The number of aliphatic hydroxyl groups excluding tert-OH is 2. The van der Waals surface area contributed by atoms with Crippen LogP contribution in [0.15, 0.2) is 48.6 Å². The van der Waals surface area contributed by atoms with E-state index in [2.05, 4.69) is 55.6 Å². The molecule has 0 aliphatic heterocycles. The first-order valence-corrected chi connectivity index (χ1v) is 24.9. The van der Waals surface area contributed by atoms with Gasteiger partial charge in [-0.2, -0.15) is 0 Å². The Labute approximate surface area is 350 Å². The van der Waals surface area contributed by atoms with Gasteiger partial charge in [0, 0.05) is 6.42 Å². The van der Waals surface area contributed by atoms with Crippen molar-refractivity contribution in [2.24, 2.45) is 0 Å². The first kappa shape index (κ1) is 54.3. The minimum Gasteiger partial charge on any atom is -0.394 e. The molecule has 0 spiro atoms. The van der Waals surface area contributed by atoms with E-state index >= 15 is 0 Å². The van der Waals surface area contributed by atoms with Crippen LogP contribution in [-0.4, -0.2) is 34.9 Å². The summed E-state index contributed by atoms with van der Waals surface area (Å²) in [5.41, 5.74) is 0. The molecule has 0 bridgehead atoms. The lowest BCUT2D eigenvalue weighted by molar-refractivity contribution is -0.123. The van der Waals surface area contributed by atoms with Gasteiger partial charge in [0.25, 0.3) is 0 Å². The largest absolute Gasteiger partial charge is 0.394 e. The standard InChI is InChI=1S/C52H97NO3/c1-3-5-7-9-11-13-15-17-19-21-23-24-25-26-27-28-30-32-34-36-38-40-42-44-46-48-52(56)53-50(49-54)51(55)47-45-43-41-39-37-35-33-31-29-22-20-18-16-14-12-10-8-6-4-2/h21,23,29,31,37,39,45,47,50-51,54-55H,3-20,22,24-28,30,32-36,38,40-44,46,48-49H2,1-2H3,(H,53,56)/b23-21-,31-29+,39-37+,47-45+. The Bertz CT molecular complexity index is 893. The number of nitrogens with one attached hydrogen (secondary N) is 1. The molecule has 0 aliphatic rings. The highest BCUT2D eigenvalue weighted by atomic mass is 16.3. The average molecular weight is 784 g/mol. The Morgan fingerprint density at radius 2 is 0.696 bits per heavy atom. The fourth-order valence-corrected chi connectivity index (χ4v) is 7.44. The number of hydrogen-bond donors (Lipinski definition) is 3. The van der Waals surface area contributed by atoms with Crippen LogP contribution in [-0.2, 0) is 4.79 Å². The molecule has 4 heteroatoms. The van der Waals surface area contributed by atoms with E-state index in [0.29, 0.717) is 6.42 Å². The van der Waals surface area contributed by atoms with Crippen molar-refractivity contribution in [1.82, 2.24) is 5.32 Å². The molecule has 0 rings (SSSR count). The number of aliphatic hydroxyl groups is 2. The first-order valence-electron chi connectivity index (χ1n) is 24.9. The second kappa shape index (κ2) is 47.7. The first-order chi connectivity index (χ1) is 27.7. The van der Waals surface area contributed by atoms with Gasteiger partial charge in [-0.1, -0.05) is 229 Å². The number of rotatable bonds is 45. The van der Waals surface area contributed by atoms with E-state index in [0.717, 1.165) is 38.5 Å². The van der Waals surface area contributed by atoms with Crippen molar-refractivity contribution in [2.75, 3.05) is 6.61 Å². The van der Waals surface area contributed by atoms with Crippen LogP contribution in [0.1, 0.15) is 258 Å². The van der Waals surface area contributed by atoms with E-state index in [4.69, 9.17) is 0 Å². The average Bonchev–Trinajstić information content (AvgIpc) is 3.20. The van der Waals surface area contributed by atoms with Gasteiger partial charge in [-0.05, 0) is 70.6 Å². The smallest absolute Gasteiger partial charge is 0.220 e. The number of allylic oxidation sites excluding steroid dienone is 7. The molecule has 2 atom stereocenters. The molecule has 0 radical (unpaired) electrons. The van der Waals surface area contributed by atoms with Gasteiger partial charge < -0.3 is 15.5 Å². The molecule has 0 heterocycles. The summed E-state index contributed by atoms with van der Waals surface area (Å²) in [7, 11) is 0. The van der Waals surface area contributed by atoms with E-state index in [9.17, 15) is 15.0 Å². The topological polar surface area (TPSA) is 69.6 Å². The molecule has 0 saturated heterocycles. The van der Waals surface area contributed by atoms with Gasteiger partial charge >= 0.3 is 0 Å². The summed E-state index contributed by atoms with van der Waals surface area (Å²) in [4.78, 5) is 12.4. The number of carbonyl (C=O) groups is 1. The summed E-state index contributed by atoms with van der Waals surface area (Å²) < 4.78 is 0. The highest BCUT2D eigenvalue weighted by Gasteiger charge is 2.17. The van der Waals surface area contributed by atoms with Gasteiger partial charge in [0.05, 0.1) is 18.8 Å². The van der Waals surface area contributed by atoms with Gasteiger partial charge in [0.1, 0.15) is 0 Å². The molecule has 56 heavy (non-hydrogen) atoms. The molecule has 0 aromatic rings. The summed E-state index contributed by atoms with van der Waals surface area (Å²) in [5, 5.41) is 23.1. The zero-order valence-corrected chi connectivity index (χ0v) is 37.7. The van der Waals surface area contributed by atoms with Crippen molar-refractivity contribution in [2.45, 2.75) is 270 Å². The van der Waals surface area contributed by atoms with Crippen molar-refractivity contribution in [1.29, 1.82) is 0 Å². The van der Waals surface area contributed by atoms with Crippen LogP contribution in [0.4, 0.5) is 0 Å². The lowest BCUT2D eigenvalue weighted by Crippen LogP contribution is -2.45. The second-order valence-electron chi connectivity index (χ2n) is 16.9. The Morgan fingerprint density at radius 1 is 0.411 bits per heavy atom. The summed E-state index contributed by atoms with van der Waals surface area (Å²) in [6.07, 6.45) is 65.3. The maximum absolute atomic E-state index is 12.4. The van der Waals surface area contributed by atoms with Crippen LogP contribution in [0.25, 0.3) is 0 Å². The third-order valence-electron chi connectivity index (χ3n) is 11.3. The van der Waals surface area contributed by atoms with Crippen LogP contribution in [0.3, 0.4) is 0 Å². The van der Waals surface area contributed by atoms with Gasteiger partial charge in [-0.3, -0.25) is 4.79 Å². The van der Waals surface area contributed by atoms with E-state index in [1.54, 1.807) is 6.08 Å². The normalized spacial score (nSPS) is 13.3. The zero-order valence-electron chi connectivity index (χ0n) is 37.7. The van der Waals surface area contributed by atoms with Crippen molar-refractivity contribution in [3.63, 3.8) is 0 Å².